The number of urea groups is 1. The molecule has 1 atom stereocenters. The molecule has 206 valence electrons. The van der Waals surface area contributed by atoms with E-state index in [4.69, 9.17) is 15.6 Å². The smallest absolute Gasteiger partial charge is 0.450 e. The molecular formula is C24H37N5O8. The topological polar surface area (TPSA) is 198 Å². The Hall–Kier alpha value is -3.87. The Labute approximate surface area is 215 Å². The van der Waals surface area contributed by atoms with Crippen LogP contribution in [0.25, 0.3) is 0 Å². The van der Waals surface area contributed by atoms with Crippen molar-refractivity contribution < 1.29 is 38.6 Å². The SMILES string of the molecule is CCCOCCC(=O)NCC(=O)N[C@@H](CCCNC(N)=O)C(=O)Nc1ccc(COC(=O)O)c(CC)c1. The normalized spacial score (nSPS) is 11.2. The van der Waals surface area contributed by atoms with Crippen LogP contribution in [0.4, 0.5) is 15.3 Å². The molecule has 1 rings (SSSR count). The van der Waals surface area contributed by atoms with E-state index in [2.05, 4.69) is 26.0 Å². The van der Waals surface area contributed by atoms with Crippen molar-refractivity contribution in [1.82, 2.24) is 16.0 Å². The van der Waals surface area contributed by atoms with Gasteiger partial charge in [-0.15, -0.1) is 0 Å². The van der Waals surface area contributed by atoms with Crippen LogP contribution in [0.2, 0.25) is 0 Å². The first-order valence-corrected chi connectivity index (χ1v) is 12.1. The molecule has 5 amide bonds. The molecule has 1 aromatic rings. The zero-order chi connectivity index (χ0) is 27.6. The van der Waals surface area contributed by atoms with Gasteiger partial charge in [-0.2, -0.15) is 0 Å². The predicted octanol–water partition coefficient (Wildman–Crippen LogP) is 1.25. The average Bonchev–Trinajstić information content (AvgIpc) is 2.85. The van der Waals surface area contributed by atoms with Gasteiger partial charge in [0.1, 0.15) is 12.6 Å². The van der Waals surface area contributed by atoms with Crippen molar-refractivity contribution in [2.24, 2.45) is 5.73 Å². The first kappa shape index (κ1) is 31.2. The third kappa shape index (κ3) is 13.7. The lowest BCUT2D eigenvalue weighted by molar-refractivity contribution is -0.128. The summed E-state index contributed by atoms with van der Waals surface area (Å²) in [5.41, 5.74) is 6.97. The van der Waals surface area contributed by atoms with E-state index in [9.17, 15) is 24.0 Å². The fraction of sp³-hybridized carbons (Fsp3) is 0.542. The van der Waals surface area contributed by atoms with Crippen LogP contribution >= 0.6 is 0 Å². The maximum atomic E-state index is 13.0. The largest absolute Gasteiger partial charge is 0.506 e. The molecule has 0 radical (unpaired) electrons. The predicted molar refractivity (Wildman–Crippen MR) is 135 cm³/mol. The molecule has 0 bridgehead atoms. The lowest BCUT2D eigenvalue weighted by Gasteiger charge is -2.19. The minimum atomic E-state index is -1.38. The first-order valence-electron chi connectivity index (χ1n) is 12.1. The maximum Gasteiger partial charge on any atom is 0.506 e. The number of carboxylic acid groups (broad SMARTS) is 1. The third-order valence-electron chi connectivity index (χ3n) is 5.09. The van der Waals surface area contributed by atoms with Crippen LogP contribution < -0.4 is 27.0 Å². The quantitative estimate of drug-likeness (QED) is 0.129. The molecule has 7 N–H and O–H groups in total. The van der Waals surface area contributed by atoms with Crippen molar-refractivity contribution in [3.05, 3.63) is 29.3 Å². The van der Waals surface area contributed by atoms with E-state index in [1.165, 1.54) is 0 Å². The number of aryl methyl sites for hydroxylation is 1. The van der Waals surface area contributed by atoms with E-state index < -0.39 is 30.0 Å². The molecule has 37 heavy (non-hydrogen) atoms. The highest BCUT2D eigenvalue weighted by atomic mass is 16.7. The van der Waals surface area contributed by atoms with Crippen LogP contribution in [-0.4, -0.2) is 67.4 Å². The van der Waals surface area contributed by atoms with E-state index in [0.717, 1.165) is 12.0 Å². The summed E-state index contributed by atoms with van der Waals surface area (Å²) in [5, 5.41) is 19.0. The molecule has 0 saturated heterocycles. The molecule has 0 unspecified atom stereocenters. The molecule has 0 spiro atoms. The van der Waals surface area contributed by atoms with Gasteiger partial charge < -0.3 is 41.6 Å². The minimum absolute atomic E-state index is 0.114. The van der Waals surface area contributed by atoms with Gasteiger partial charge in [-0.3, -0.25) is 14.4 Å². The zero-order valence-corrected chi connectivity index (χ0v) is 21.3. The summed E-state index contributed by atoms with van der Waals surface area (Å²) >= 11 is 0. The molecule has 0 aliphatic rings. The monoisotopic (exact) mass is 523 g/mol. The summed E-state index contributed by atoms with van der Waals surface area (Å²) in [6, 6.07) is 3.31. The number of nitrogens with one attached hydrogen (secondary N) is 4. The Kier molecular flexibility index (Phi) is 14.8. The number of hydrogen-bond donors (Lipinski definition) is 6. The molecule has 0 aliphatic heterocycles. The van der Waals surface area contributed by atoms with Crippen molar-refractivity contribution in [2.75, 3.05) is 31.6 Å². The maximum absolute atomic E-state index is 13.0. The van der Waals surface area contributed by atoms with Gasteiger partial charge in [0, 0.05) is 25.3 Å². The summed E-state index contributed by atoms with van der Waals surface area (Å²) in [6.45, 7) is 4.42. The Morgan fingerprint density at radius 2 is 1.78 bits per heavy atom. The average molecular weight is 524 g/mol. The molecule has 1 aromatic carbocycles. The molecular weight excluding hydrogens is 486 g/mol. The molecule has 13 nitrogen and oxygen atoms in total. The second-order valence-electron chi connectivity index (χ2n) is 8.07. The van der Waals surface area contributed by atoms with Crippen LogP contribution in [0.15, 0.2) is 18.2 Å². The highest BCUT2D eigenvalue weighted by molar-refractivity contribution is 5.97. The van der Waals surface area contributed by atoms with Crippen molar-refractivity contribution in [1.29, 1.82) is 0 Å². The van der Waals surface area contributed by atoms with Gasteiger partial charge >= 0.3 is 12.2 Å². The summed E-state index contributed by atoms with van der Waals surface area (Å²) in [5.74, 6) is -1.40. The Morgan fingerprint density at radius 3 is 2.43 bits per heavy atom. The second-order valence-corrected chi connectivity index (χ2v) is 8.07. The lowest BCUT2D eigenvalue weighted by Crippen LogP contribution is -2.47. The standard InChI is InChI=1S/C24H37N5O8/c1-3-11-36-12-9-20(30)27-14-21(31)29-19(6-5-10-26-23(25)33)22(32)28-18-8-7-17(15-37-24(34)35)16(4-2)13-18/h7-8,13,19H,3-6,9-12,14-15H2,1-2H3,(H,27,30)(H,28,32)(H,29,31)(H,34,35)(H3,25,26,33)/t19-/m0/s1. The number of benzene rings is 1. The number of carbonyl (C=O) groups is 5. The molecule has 0 aromatic heterocycles. The number of primary amides is 1. The number of anilines is 1. The van der Waals surface area contributed by atoms with Crippen LogP contribution in [0.5, 0.6) is 0 Å². The van der Waals surface area contributed by atoms with Crippen molar-refractivity contribution >= 4 is 35.6 Å². The fourth-order valence-electron chi connectivity index (χ4n) is 3.25. The van der Waals surface area contributed by atoms with Crippen molar-refractivity contribution in [3.8, 4) is 0 Å². The molecule has 0 aliphatic carbocycles. The van der Waals surface area contributed by atoms with Gasteiger partial charge in [-0.1, -0.05) is 19.9 Å². The number of nitrogens with two attached hydrogens (primary N) is 1. The van der Waals surface area contributed by atoms with Crippen molar-refractivity contribution in [2.45, 2.75) is 58.6 Å². The van der Waals surface area contributed by atoms with E-state index in [-0.39, 0.29) is 45.1 Å². The Bertz CT molecular complexity index is 924. The number of hydrogen-bond acceptors (Lipinski definition) is 7. The summed E-state index contributed by atoms with van der Waals surface area (Å²) in [7, 11) is 0. The molecule has 0 fully saturated rings. The molecule has 13 heteroatoms. The fourth-order valence-corrected chi connectivity index (χ4v) is 3.25. The highest BCUT2D eigenvalue weighted by Crippen LogP contribution is 2.18. The minimum Gasteiger partial charge on any atom is -0.450 e. The van der Waals surface area contributed by atoms with Gasteiger partial charge in [0.05, 0.1) is 13.2 Å². The Balaban J connectivity index is 2.77. The Morgan fingerprint density at radius 1 is 1.03 bits per heavy atom. The van der Waals surface area contributed by atoms with Crippen molar-refractivity contribution in [3.63, 3.8) is 0 Å². The summed E-state index contributed by atoms with van der Waals surface area (Å²) in [6.07, 6.45) is 0.694. The van der Waals surface area contributed by atoms with Gasteiger partial charge in [0.25, 0.3) is 0 Å². The van der Waals surface area contributed by atoms with Crippen LogP contribution in [0.3, 0.4) is 0 Å². The van der Waals surface area contributed by atoms with Gasteiger partial charge in [-0.05, 0) is 48.9 Å². The zero-order valence-electron chi connectivity index (χ0n) is 21.3. The number of carbonyl (C=O) groups excluding carboxylic acids is 4. The third-order valence-corrected chi connectivity index (χ3v) is 5.09. The van der Waals surface area contributed by atoms with Gasteiger partial charge in [0.2, 0.25) is 17.7 Å². The van der Waals surface area contributed by atoms with E-state index in [0.29, 0.717) is 30.7 Å². The van der Waals surface area contributed by atoms with Gasteiger partial charge in [-0.25, -0.2) is 9.59 Å². The number of rotatable bonds is 17. The van der Waals surface area contributed by atoms with Crippen LogP contribution in [0.1, 0.15) is 50.7 Å². The summed E-state index contributed by atoms with van der Waals surface area (Å²) < 4.78 is 9.87. The summed E-state index contributed by atoms with van der Waals surface area (Å²) in [4.78, 5) is 58.8. The first-order chi connectivity index (χ1) is 17.7. The van der Waals surface area contributed by atoms with Gasteiger partial charge in [0.15, 0.2) is 0 Å². The highest BCUT2D eigenvalue weighted by Gasteiger charge is 2.21. The molecule has 0 heterocycles. The number of amides is 5. The number of ether oxygens (including phenoxy) is 2. The van der Waals surface area contributed by atoms with E-state index in [1.54, 1.807) is 18.2 Å². The van der Waals surface area contributed by atoms with Crippen LogP contribution in [-0.2, 0) is 36.9 Å². The molecule has 0 saturated carbocycles. The van der Waals surface area contributed by atoms with E-state index in [1.807, 2.05) is 13.8 Å². The van der Waals surface area contributed by atoms with Crippen LogP contribution in [0, 0.1) is 0 Å². The van der Waals surface area contributed by atoms with E-state index >= 15 is 0 Å². The second kappa shape index (κ2) is 17.5. The lowest BCUT2D eigenvalue weighted by atomic mass is 10.0.